The highest BCUT2D eigenvalue weighted by Crippen LogP contribution is 2.22. The van der Waals surface area contributed by atoms with Gasteiger partial charge in [0.25, 0.3) is 0 Å². The number of carbonyl (C=O) groups is 1. The van der Waals surface area contributed by atoms with Crippen LogP contribution in [0, 0.1) is 11.3 Å². The van der Waals surface area contributed by atoms with Crippen molar-refractivity contribution in [3.05, 3.63) is 35.6 Å². The second kappa shape index (κ2) is 3.46. The fraction of sp³-hybridized carbons (Fsp3) is 0.0909. The molecule has 1 aromatic heterocycles. The van der Waals surface area contributed by atoms with E-state index in [9.17, 15) is 4.79 Å². The second-order valence-corrected chi connectivity index (χ2v) is 2.96. The summed E-state index contributed by atoms with van der Waals surface area (Å²) in [5, 5.41) is 9.41. The van der Waals surface area contributed by atoms with Crippen molar-refractivity contribution >= 4 is 16.9 Å². The van der Waals surface area contributed by atoms with Gasteiger partial charge in [0.1, 0.15) is 17.9 Å². The molecule has 1 aromatic carbocycles. The van der Waals surface area contributed by atoms with E-state index in [1.54, 1.807) is 18.2 Å². The molecule has 4 heteroatoms. The predicted octanol–water partition coefficient (Wildman–Crippen LogP) is 2.09. The Morgan fingerprint density at radius 2 is 2.33 bits per heavy atom. The lowest BCUT2D eigenvalue weighted by Gasteiger charge is -1.97. The van der Waals surface area contributed by atoms with E-state index in [0.717, 1.165) is 0 Å². The lowest BCUT2D eigenvalue weighted by atomic mass is 10.1. The number of nitriles is 1. The second-order valence-electron chi connectivity index (χ2n) is 2.96. The van der Waals surface area contributed by atoms with Gasteiger partial charge in [-0.25, -0.2) is 4.79 Å². The van der Waals surface area contributed by atoms with Gasteiger partial charge in [0, 0.05) is 5.39 Å². The molecule has 0 atom stereocenters. The molecule has 0 unspecified atom stereocenters. The average Bonchev–Trinajstić information content (AvgIpc) is 2.69. The summed E-state index contributed by atoms with van der Waals surface area (Å²) < 4.78 is 9.72. The highest BCUT2D eigenvalue weighted by molar-refractivity contribution is 5.95. The average molecular weight is 201 g/mol. The number of esters is 1. The van der Waals surface area contributed by atoms with Gasteiger partial charge in [0.05, 0.1) is 18.2 Å². The number of nitrogens with zero attached hydrogens (tertiary/aromatic N) is 1. The Balaban J connectivity index is 2.64. The minimum Gasteiger partial charge on any atom is -0.465 e. The number of hydrogen-bond acceptors (Lipinski definition) is 4. The van der Waals surface area contributed by atoms with Crippen LogP contribution < -0.4 is 0 Å². The Morgan fingerprint density at radius 1 is 1.53 bits per heavy atom. The standard InChI is InChI=1S/C11H7NO3/c1-14-11(13)7-2-3-10-9(4-7)8(5-12)6-15-10/h2-4,6H,1H3. The van der Waals surface area contributed by atoms with Crippen LogP contribution in [-0.4, -0.2) is 13.1 Å². The summed E-state index contributed by atoms with van der Waals surface area (Å²) in [5.74, 6) is -0.429. The van der Waals surface area contributed by atoms with Crippen molar-refractivity contribution < 1.29 is 13.9 Å². The fourth-order valence-electron chi connectivity index (χ4n) is 1.36. The Morgan fingerprint density at radius 3 is 3.00 bits per heavy atom. The van der Waals surface area contributed by atoms with Gasteiger partial charge in [-0.05, 0) is 18.2 Å². The molecule has 0 radical (unpaired) electrons. The topological polar surface area (TPSA) is 63.2 Å². The van der Waals surface area contributed by atoms with Crippen LogP contribution in [0.3, 0.4) is 0 Å². The number of methoxy groups -OCH3 is 1. The first-order chi connectivity index (χ1) is 7.26. The molecule has 0 saturated carbocycles. The van der Waals surface area contributed by atoms with Crippen LogP contribution in [0.15, 0.2) is 28.9 Å². The highest BCUT2D eigenvalue weighted by Gasteiger charge is 2.10. The van der Waals surface area contributed by atoms with Crippen molar-refractivity contribution in [2.75, 3.05) is 7.11 Å². The Bertz CT molecular complexity index is 563. The summed E-state index contributed by atoms with van der Waals surface area (Å²) in [5.41, 5.74) is 1.40. The molecule has 1 heterocycles. The molecule has 0 amide bonds. The van der Waals surface area contributed by atoms with Crippen molar-refractivity contribution in [3.63, 3.8) is 0 Å². The third-order valence-corrected chi connectivity index (χ3v) is 2.12. The van der Waals surface area contributed by atoms with Crippen molar-refractivity contribution in [2.45, 2.75) is 0 Å². The van der Waals surface area contributed by atoms with Gasteiger partial charge in [0.2, 0.25) is 0 Å². The van der Waals surface area contributed by atoms with Crippen LogP contribution in [0.1, 0.15) is 15.9 Å². The van der Waals surface area contributed by atoms with E-state index in [-0.39, 0.29) is 0 Å². The van der Waals surface area contributed by atoms with Gasteiger partial charge in [-0.3, -0.25) is 0 Å². The van der Waals surface area contributed by atoms with Gasteiger partial charge >= 0.3 is 5.97 Å². The Hall–Kier alpha value is -2.28. The number of carbonyl (C=O) groups excluding carboxylic acids is 1. The van der Waals surface area contributed by atoms with Crippen LogP contribution in [0.5, 0.6) is 0 Å². The van der Waals surface area contributed by atoms with Crippen LogP contribution >= 0.6 is 0 Å². The zero-order chi connectivity index (χ0) is 10.8. The largest absolute Gasteiger partial charge is 0.465 e. The molecule has 0 aliphatic rings. The van der Waals surface area contributed by atoms with Crippen molar-refractivity contribution in [1.82, 2.24) is 0 Å². The number of rotatable bonds is 1. The predicted molar refractivity (Wildman–Crippen MR) is 52.3 cm³/mol. The quantitative estimate of drug-likeness (QED) is 0.662. The maximum atomic E-state index is 11.2. The summed E-state index contributed by atoms with van der Waals surface area (Å²) >= 11 is 0. The SMILES string of the molecule is COC(=O)c1ccc2occ(C#N)c2c1. The smallest absolute Gasteiger partial charge is 0.337 e. The van der Waals surface area contributed by atoms with Crippen molar-refractivity contribution in [3.8, 4) is 6.07 Å². The minimum absolute atomic E-state index is 0.405. The van der Waals surface area contributed by atoms with E-state index in [1.165, 1.54) is 13.4 Å². The molecule has 0 aliphatic carbocycles. The molecule has 0 saturated heterocycles. The number of hydrogen-bond donors (Lipinski definition) is 0. The van der Waals surface area contributed by atoms with Crippen LogP contribution in [-0.2, 0) is 4.74 Å². The molecule has 4 nitrogen and oxygen atoms in total. The van der Waals surface area contributed by atoms with Crippen molar-refractivity contribution in [2.24, 2.45) is 0 Å². The lowest BCUT2D eigenvalue weighted by Crippen LogP contribution is -2.00. The molecule has 0 bridgehead atoms. The molecule has 2 rings (SSSR count). The summed E-state index contributed by atoms with van der Waals surface area (Å²) in [4.78, 5) is 11.2. The number of fused-ring (bicyclic) bond motifs is 1. The molecular weight excluding hydrogens is 194 g/mol. The first-order valence-electron chi connectivity index (χ1n) is 4.26. The number of benzene rings is 1. The molecule has 2 aromatic rings. The summed E-state index contributed by atoms with van der Waals surface area (Å²) in [7, 11) is 1.31. The number of ether oxygens (including phenoxy) is 1. The normalized spacial score (nSPS) is 9.87. The van der Waals surface area contributed by atoms with E-state index in [0.29, 0.717) is 22.1 Å². The van der Waals surface area contributed by atoms with Crippen LogP contribution in [0.25, 0.3) is 11.0 Å². The molecule has 15 heavy (non-hydrogen) atoms. The highest BCUT2D eigenvalue weighted by atomic mass is 16.5. The summed E-state index contributed by atoms with van der Waals surface area (Å²) in [6.45, 7) is 0. The van der Waals surface area contributed by atoms with Gasteiger partial charge in [-0.2, -0.15) is 5.26 Å². The van der Waals surface area contributed by atoms with Crippen LogP contribution in [0.2, 0.25) is 0 Å². The minimum atomic E-state index is -0.429. The van der Waals surface area contributed by atoms with E-state index in [1.807, 2.05) is 6.07 Å². The molecule has 0 spiro atoms. The van der Waals surface area contributed by atoms with Crippen LogP contribution in [0.4, 0.5) is 0 Å². The first kappa shape index (κ1) is 9.28. The maximum absolute atomic E-state index is 11.2. The Kier molecular flexibility index (Phi) is 2.14. The maximum Gasteiger partial charge on any atom is 0.337 e. The molecule has 0 N–H and O–H groups in total. The summed E-state index contributed by atoms with van der Waals surface area (Å²) in [6.07, 6.45) is 1.37. The molecule has 0 fully saturated rings. The van der Waals surface area contributed by atoms with Gasteiger partial charge in [0.15, 0.2) is 0 Å². The van der Waals surface area contributed by atoms with E-state index in [4.69, 9.17) is 9.68 Å². The third kappa shape index (κ3) is 1.44. The molecule has 0 aliphatic heterocycles. The molecule has 74 valence electrons. The summed E-state index contributed by atoms with van der Waals surface area (Å²) in [6, 6.07) is 6.81. The van der Waals surface area contributed by atoms with Gasteiger partial charge < -0.3 is 9.15 Å². The first-order valence-corrected chi connectivity index (χ1v) is 4.26. The van der Waals surface area contributed by atoms with Gasteiger partial charge in [-0.1, -0.05) is 0 Å². The lowest BCUT2D eigenvalue weighted by molar-refractivity contribution is 0.0601. The zero-order valence-corrected chi connectivity index (χ0v) is 7.98. The Labute approximate surface area is 85.7 Å². The van der Waals surface area contributed by atoms with E-state index in [2.05, 4.69) is 4.74 Å². The zero-order valence-electron chi connectivity index (χ0n) is 7.98. The number of furan rings is 1. The van der Waals surface area contributed by atoms with E-state index < -0.39 is 5.97 Å². The molecular formula is C11H7NO3. The third-order valence-electron chi connectivity index (χ3n) is 2.12. The van der Waals surface area contributed by atoms with E-state index >= 15 is 0 Å². The van der Waals surface area contributed by atoms with Crippen molar-refractivity contribution in [1.29, 1.82) is 5.26 Å². The van der Waals surface area contributed by atoms with Gasteiger partial charge in [-0.15, -0.1) is 0 Å². The monoisotopic (exact) mass is 201 g/mol. The fourth-order valence-corrected chi connectivity index (χ4v) is 1.36.